The Morgan fingerprint density at radius 1 is 1.11 bits per heavy atom. The number of amides is 1. The summed E-state index contributed by atoms with van der Waals surface area (Å²) >= 11 is 0.985. The highest BCUT2D eigenvalue weighted by Crippen LogP contribution is 2.15. The molecule has 0 unspecified atom stereocenters. The summed E-state index contributed by atoms with van der Waals surface area (Å²) in [6.45, 7) is -1.33. The number of hydrogen-bond donors (Lipinski definition) is 3. The maximum Gasteiger partial charge on any atom is 0.321 e. The molecule has 0 radical (unpaired) electrons. The molecule has 27 heavy (non-hydrogen) atoms. The Kier molecular flexibility index (Phi) is 6.67. The average Bonchev–Trinajstić information content (AvgIpc) is 3.13. The zero-order valence-electron chi connectivity index (χ0n) is 13.6. The monoisotopic (exact) mass is 433 g/mol. The van der Waals surface area contributed by atoms with Crippen molar-refractivity contribution in [3.05, 3.63) is 41.8 Å². The summed E-state index contributed by atoms with van der Waals surface area (Å²) in [6, 6.07) is 8.12. The lowest BCUT2D eigenvalue weighted by atomic mass is 10.3. The van der Waals surface area contributed by atoms with Gasteiger partial charge in [0.05, 0.1) is 4.90 Å². The number of rotatable bonds is 8. The normalized spacial score (nSPS) is 11.7. The number of thiophene rings is 1. The first-order valence-corrected chi connectivity index (χ1v) is 11.1. The number of anilines is 1. The van der Waals surface area contributed by atoms with Crippen LogP contribution in [0.3, 0.4) is 0 Å². The molecule has 0 atom stereocenters. The van der Waals surface area contributed by atoms with E-state index in [4.69, 9.17) is 5.14 Å². The van der Waals surface area contributed by atoms with Gasteiger partial charge in [0.15, 0.2) is 6.61 Å². The number of nitrogens with two attached hydrogens (primary N) is 1. The molecule has 0 bridgehead atoms. The summed E-state index contributed by atoms with van der Waals surface area (Å²) in [5.74, 6) is -1.69. The molecule has 2 rings (SSSR count). The maximum atomic E-state index is 11.8. The number of primary sulfonamides is 1. The molecule has 0 saturated heterocycles. The molecule has 1 heterocycles. The van der Waals surface area contributed by atoms with Gasteiger partial charge in [-0.1, -0.05) is 12.1 Å². The van der Waals surface area contributed by atoms with Gasteiger partial charge in [0, 0.05) is 5.69 Å². The molecule has 1 amide bonds. The molecule has 0 aliphatic rings. The van der Waals surface area contributed by atoms with E-state index in [-0.39, 0.29) is 14.8 Å². The van der Waals surface area contributed by atoms with Crippen LogP contribution in [0.1, 0.15) is 0 Å². The predicted molar refractivity (Wildman–Crippen MR) is 96.9 cm³/mol. The highest BCUT2D eigenvalue weighted by molar-refractivity contribution is 7.91. The predicted octanol–water partition coefficient (Wildman–Crippen LogP) is -0.144. The van der Waals surface area contributed by atoms with Gasteiger partial charge in [-0.25, -0.2) is 22.0 Å². The van der Waals surface area contributed by atoms with Crippen molar-refractivity contribution in [2.75, 3.05) is 18.5 Å². The van der Waals surface area contributed by atoms with Crippen molar-refractivity contribution in [2.24, 2.45) is 5.14 Å². The van der Waals surface area contributed by atoms with Crippen LogP contribution in [0, 0.1) is 0 Å². The van der Waals surface area contributed by atoms with E-state index in [2.05, 4.69) is 14.8 Å². The molecule has 0 aliphatic heterocycles. The number of carbonyl (C=O) groups excluding carboxylic acids is 2. The van der Waals surface area contributed by atoms with Crippen LogP contribution in [0.25, 0.3) is 0 Å². The number of carbonyl (C=O) groups is 2. The van der Waals surface area contributed by atoms with Crippen LogP contribution in [0.4, 0.5) is 5.69 Å². The fourth-order valence-electron chi connectivity index (χ4n) is 1.79. The summed E-state index contributed by atoms with van der Waals surface area (Å²) in [6.07, 6.45) is 0. The number of nitrogens with one attached hydrogen (secondary N) is 2. The molecule has 0 aliphatic carbocycles. The van der Waals surface area contributed by atoms with Crippen LogP contribution in [0.2, 0.25) is 0 Å². The molecule has 1 aromatic heterocycles. The third-order valence-corrected chi connectivity index (χ3v) is 6.69. The van der Waals surface area contributed by atoms with E-state index in [0.29, 0.717) is 0 Å². The van der Waals surface area contributed by atoms with E-state index < -0.39 is 45.1 Å². The van der Waals surface area contributed by atoms with Gasteiger partial charge in [-0.15, -0.1) is 11.3 Å². The summed E-state index contributed by atoms with van der Waals surface area (Å²) < 4.78 is 53.0. The Morgan fingerprint density at radius 3 is 2.48 bits per heavy atom. The lowest BCUT2D eigenvalue weighted by Gasteiger charge is -2.08. The first-order chi connectivity index (χ1) is 12.6. The summed E-state index contributed by atoms with van der Waals surface area (Å²) in [5, 5.41) is 8.90. The highest BCUT2D eigenvalue weighted by Gasteiger charge is 2.17. The van der Waals surface area contributed by atoms with Crippen molar-refractivity contribution >= 4 is 48.9 Å². The van der Waals surface area contributed by atoms with Crippen LogP contribution in [0.5, 0.6) is 0 Å². The largest absolute Gasteiger partial charge is 0.455 e. The quantitative estimate of drug-likeness (QED) is 0.488. The van der Waals surface area contributed by atoms with Crippen molar-refractivity contribution in [3.63, 3.8) is 0 Å². The highest BCUT2D eigenvalue weighted by atomic mass is 32.2. The van der Waals surface area contributed by atoms with E-state index in [9.17, 15) is 26.4 Å². The van der Waals surface area contributed by atoms with Gasteiger partial charge in [-0.3, -0.25) is 9.59 Å². The molecule has 4 N–H and O–H groups in total. The Morgan fingerprint density at radius 2 is 1.85 bits per heavy atom. The van der Waals surface area contributed by atoms with E-state index in [1.54, 1.807) is 11.4 Å². The van der Waals surface area contributed by atoms with Crippen molar-refractivity contribution in [2.45, 2.75) is 9.10 Å². The molecule has 1 aromatic carbocycles. The standard InChI is InChI=1S/C14H15N3O7S3/c15-26(20,21)11-4-1-3-10(7-11)17-12(18)9-24-13(19)8-16-27(22,23)14-5-2-6-25-14/h1-7,16H,8-9H2,(H,17,18)(H2,15,20,21). The van der Waals surface area contributed by atoms with Crippen molar-refractivity contribution in [3.8, 4) is 0 Å². The van der Waals surface area contributed by atoms with Crippen molar-refractivity contribution < 1.29 is 31.2 Å². The topological polar surface area (TPSA) is 162 Å². The zero-order chi connectivity index (χ0) is 20.1. The lowest BCUT2D eigenvalue weighted by Crippen LogP contribution is -2.32. The van der Waals surface area contributed by atoms with Crippen LogP contribution >= 0.6 is 11.3 Å². The number of hydrogen-bond acceptors (Lipinski definition) is 8. The first-order valence-electron chi connectivity index (χ1n) is 7.19. The Bertz CT molecular complexity index is 1030. The molecule has 0 spiro atoms. The van der Waals surface area contributed by atoms with Gasteiger partial charge in [-0.2, -0.15) is 4.72 Å². The van der Waals surface area contributed by atoms with Crippen LogP contribution in [-0.2, 0) is 34.4 Å². The molecule has 10 nitrogen and oxygen atoms in total. The minimum absolute atomic E-state index is 0.0442. The third kappa shape index (κ3) is 6.41. The molecule has 13 heteroatoms. The molecule has 2 aromatic rings. The SMILES string of the molecule is NS(=O)(=O)c1cccc(NC(=O)COC(=O)CNS(=O)(=O)c2cccs2)c1. The maximum absolute atomic E-state index is 11.8. The van der Waals surface area contributed by atoms with E-state index >= 15 is 0 Å². The molecular formula is C14H15N3O7S3. The smallest absolute Gasteiger partial charge is 0.321 e. The molecule has 146 valence electrons. The number of benzene rings is 1. The van der Waals surface area contributed by atoms with E-state index in [1.807, 2.05) is 0 Å². The van der Waals surface area contributed by atoms with Gasteiger partial charge in [0.25, 0.3) is 15.9 Å². The van der Waals surface area contributed by atoms with Gasteiger partial charge < -0.3 is 10.1 Å². The zero-order valence-corrected chi connectivity index (χ0v) is 16.1. The van der Waals surface area contributed by atoms with E-state index in [1.165, 1.54) is 24.3 Å². The minimum atomic E-state index is -3.93. The average molecular weight is 433 g/mol. The van der Waals surface area contributed by atoms with Crippen LogP contribution in [-0.4, -0.2) is 41.9 Å². The fourth-order valence-corrected chi connectivity index (χ4v) is 4.35. The summed E-state index contributed by atoms with van der Waals surface area (Å²) in [7, 11) is -7.75. The Hall–Kier alpha value is -2.32. The summed E-state index contributed by atoms with van der Waals surface area (Å²) in [4.78, 5) is 23.1. The first kappa shape index (κ1) is 21.0. The Balaban J connectivity index is 1.83. The van der Waals surface area contributed by atoms with Crippen molar-refractivity contribution in [1.29, 1.82) is 0 Å². The molecular weight excluding hydrogens is 418 g/mol. The Labute approximate surface area is 159 Å². The van der Waals surface area contributed by atoms with E-state index in [0.717, 1.165) is 17.4 Å². The van der Waals surface area contributed by atoms with Gasteiger partial charge >= 0.3 is 5.97 Å². The summed E-state index contributed by atoms with van der Waals surface area (Å²) in [5.41, 5.74) is 0.140. The van der Waals surface area contributed by atoms with Gasteiger partial charge in [-0.05, 0) is 29.6 Å². The van der Waals surface area contributed by atoms with Gasteiger partial charge in [0.1, 0.15) is 10.8 Å². The second-order valence-electron chi connectivity index (χ2n) is 5.04. The number of ether oxygens (including phenoxy) is 1. The fraction of sp³-hybridized carbons (Fsp3) is 0.143. The number of esters is 1. The number of sulfonamides is 2. The second kappa shape index (κ2) is 8.58. The van der Waals surface area contributed by atoms with Crippen molar-refractivity contribution in [1.82, 2.24) is 4.72 Å². The second-order valence-corrected chi connectivity index (χ2v) is 9.54. The molecule has 0 fully saturated rings. The van der Waals surface area contributed by atoms with Gasteiger partial charge in [0.2, 0.25) is 10.0 Å². The lowest BCUT2D eigenvalue weighted by molar-refractivity contribution is -0.146. The molecule has 0 saturated carbocycles. The van der Waals surface area contributed by atoms with Crippen LogP contribution in [0.15, 0.2) is 50.9 Å². The third-order valence-electron chi connectivity index (χ3n) is 2.98. The van der Waals surface area contributed by atoms with Crippen LogP contribution < -0.4 is 15.2 Å². The minimum Gasteiger partial charge on any atom is -0.455 e.